The third-order valence-corrected chi connectivity index (χ3v) is 5.46. The maximum Gasteiger partial charge on any atom is 0.315 e. The molecule has 7 nitrogen and oxygen atoms in total. The highest BCUT2D eigenvalue weighted by molar-refractivity contribution is 6.23. The molecule has 0 radical (unpaired) electrons. The molecule has 148 valence electrons. The van der Waals surface area contributed by atoms with Gasteiger partial charge < -0.3 is 15.4 Å². The van der Waals surface area contributed by atoms with Gasteiger partial charge in [0.15, 0.2) is 0 Å². The number of amides is 4. The summed E-state index contributed by atoms with van der Waals surface area (Å²) in [6, 6.07) is 6.98. The maximum atomic E-state index is 13.2. The highest BCUT2D eigenvalue weighted by Crippen LogP contribution is 2.52. The first-order valence-corrected chi connectivity index (χ1v) is 9.49. The number of hydrogen-bond donors (Lipinski definition) is 2. The fourth-order valence-electron chi connectivity index (χ4n) is 4.26. The van der Waals surface area contributed by atoms with Gasteiger partial charge in [0.1, 0.15) is 5.60 Å². The fraction of sp³-hybridized carbons (Fsp3) is 0.476. The molecule has 4 unspecified atom stereocenters. The molecule has 3 aliphatic rings. The summed E-state index contributed by atoms with van der Waals surface area (Å²) in [5.41, 5.74) is 0.258. The Labute approximate surface area is 164 Å². The largest absolute Gasteiger partial charge is 0.360 e. The van der Waals surface area contributed by atoms with Crippen LogP contribution < -0.4 is 15.5 Å². The third-order valence-electron chi connectivity index (χ3n) is 5.46. The number of ether oxygens (including phenoxy) is 1. The van der Waals surface area contributed by atoms with Crippen LogP contribution in [-0.4, -0.2) is 41.6 Å². The summed E-state index contributed by atoms with van der Waals surface area (Å²) in [6.07, 6.45) is 3.21. The van der Waals surface area contributed by atoms with Gasteiger partial charge in [-0.25, -0.2) is 9.69 Å². The van der Waals surface area contributed by atoms with E-state index in [1.54, 1.807) is 12.1 Å². The van der Waals surface area contributed by atoms with Crippen LogP contribution in [0.15, 0.2) is 36.4 Å². The third kappa shape index (κ3) is 2.90. The van der Waals surface area contributed by atoms with Gasteiger partial charge in [-0.05, 0) is 39.8 Å². The topological polar surface area (TPSA) is 87.7 Å². The average molecular weight is 383 g/mol. The number of nitrogens with zero attached hydrogens (tertiary/aromatic N) is 1. The molecule has 2 saturated heterocycles. The van der Waals surface area contributed by atoms with E-state index in [-0.39, 0.29) is 29.9 Å². The zero-order valence-electron chi connectivity index (χ0n) is 16.5. The van der Waals surface area contributed by atoms with Gasteiger partial charge in [0.2, 0.25) is 11.8 Å². The zero-order valence-corrected chi connectivity index (χ0v) is 16.5. The normalized spacial score (nSPS) is 30.7. The summed E-state index contributed by atoms with van der Waals surface area (Å²) in [5, 5.41) is 5.63. The van der Waals surface area contributed by atoms with Gasteiger partial charge in [0.25, 0.3) is 0 Å². The molecule has 3 heterocycles. The number of urea groups is 1. The molecule has 0 aliphatic carbocycles. The molecule has 2 N–H and O–H groups in total. The number of rotatable bonds is 3. The molecule has 1 aromatic carbocycles. The Bertz CT molecular complexity index is 871. The maximum absolute atomic E-state index is 13.2. The van der Waals surface area contributed by atoms with Crippen LogP contribution in [0.25, 0.3) is 0 Å². The van der Waals surface area contributed by atoms with E-state index >= 15 is 0 Å². The van der Waals surface area contributed by atoms with Crippen LogP contribution in [0.3, 0.4) is 0 Å². The first kappa shape index (κ1) is 18.7. The molecule has 0 saturated carbocycles. The fourth-order valence-corrected chi connectivity index (χ4v) is 4.26. The molecule has 28 heavy (non-hydrogen) atoms. The summed E-state index contributed by atoms with van der Waals surface area (Å²) >= 11 is 0. The summed E-state index contributed by atoms with van der Waals surface area (Å²) in [5.74, 6) is -1.70. The van der Waals surface area contributed by atoms with Crippen molar-refractivity contribution in [2.45, 2.75) is 44.9 Å². The number of carbonyl (C=O) groups is 3. The SMILES string of the molecule is Cc1ccc(N2C(=O)C3C4C=CC(CNC(=O)NC(C)(C)C)(O4)C3C2=O)cc1. The lowest BCUT2D eigenvalue weighted by atomic mass is 9.77. The summed E-state index contributed by atoms with van der Waals surface area (Å²) in [7, 11) is 0. The van der Waals surface area contributed by atoms with E-state index in [9.17, 15) is 14.4 Å². The second-order valence-corrected chi connectivity index (χ2v) is 8.81. The lowest BCUT2D eigenvalue weighted by molar-refractivity contribution is -0.126. The van der Waals surface area contributed by atoms with Crippen molar-refractivity contribution in [1.29, 1.82) is 0 Å². The van der Waals surface area contributed by atoms with Gasteiger partial charge in [-0.2, -0.15) is 0 Å². The number of imide groups is 1. The van der Waals surface area contributed by atoms with Crippen molar-refractivity contribution in [3.8, 4) is 0 Å². The summed E-state index contributed by atoms with van der Waals surface area (Å²) in [6.45, 7) is 7.74. The Hall–Kier alpha value is -2.67. The van der Waals surface area contributed by atoms with E-state index in [1.165, 1.54) is 4.90 Å². The predicted octanol–water partition coefficient (Wildman–Crippen LogP) is 1.91. The van der Waals surface area contributed by atoms with Crippen molar-refractivity contribution < 1.29 is 19.1 Å². The van der Waals surface area contributed by atoms with Crippen molar-refractivity contribution in [2.75, 3.05) is 11.4 Å². The molecule has 2 fully saturated rings. The molecule has 1 aromatic rings. The quantitative estimate of drug-likeness (QED) is 0.617. The smallest absolute Gasteiger partial charge is 0.315 e. The molecule has 4 rings (SSSR count). The predicted molar refractivity (Wildman–Crippen MR) is 104 cm³/mol. The molecule has 0 spiro atoms. The van der Waals surface area contributed by atoms with E-state index in [1.807, 2.05) is 52.0 Å². The summed E-state index contributed by atoms with van der Waals surface area (Å²) in [4.78, 5) is 39.7. The number of fused-ring (bicyclic) bond motifs is 5. The van der Waals surface area contributed by atoms with Crippen LogP contribution in [0.5, 0.6) is 0 Å². The Morgan fingerprint density at radius 1 is 1.18 bits per heavy atom. The van der Waals surface area contributed by atoms with Gasteiger partial charge in [0.05, 0.1) is 30.2 Å². The number of benzene rings is 1. The second kappa shape index (κ2) is 6.17. The Kier molecular flexibility index (Phi) is 4.12. The molecule has 4 amide bonds. The molecular formula is C21H25N3O4. The van der Waals surface area contributed by atoms with E-state index in [0.717, 1.165) is 5.56 Å². The van der Waals surface area contributed by atoms with Crippen LogP contribution in [0.4, 0.5) is 10.5 Å². The van der Waals surface area contributed by atoms with Gasteiger partial charge >= 0.3 is 6.03 Å². The highest BCUT2D eigenvalue weighted by atomic mass is 16.5. The number of carbonyl (C=O) groups excluding carboxylic acids is 3. The molecule has 7 heteroatoms. The standard InChI is InChI=1S/C21H25N3O4/c1-12-5-7-13(8-6-12)24-17(25)15-14-9-10-21(28-14,16(15)18(24)26)11-22-19(27)23-20(2,3)4/h5-10,14-16H,11H2,1-4H3,(H2,22,23,27). The second-order valence-electron chi connectivity index (χ2n) is 8.81. The van der Waals surface area contributed by atoms with Gasteiger partial charge in [-0.1, -0.05) is 29.8 Å². The number of hydrogen-bond acceptors (Lipinski definition) is 4. The number of aryl methyl sites for hydroxylation is 1. The molecule has 2 bridgehead atoms. The summed E-state index contributed by atoms with van der Waals surface area (Å²) < 4.78 is 6.03. The minimum Gasteiger partial charge on any atom is -0.360 e. The van der Waals surface area contributed by atoms with Crippen LogP contribution in [0, 0.1) is 18.8 Å². The lowest BCUT2D eigenvalue weighted by Crippen LogP contribution is -2.53. The number of nitrogens with one attached hydrogen (secondary N) is 2. The molecule has 3 aliphatic heterocycles. The zero-order chi connectivity index (χ0) is 20.3. The van der Waals surface area contributed by atoms with Gasteiger partial charge in [-0.15, -0.1) is 0 Å². The molecule has 4 atom stereocenters. The van der Waals surface area contributed by atoms with Crippen molar-refractivity contribution >= 4 is 23.5 Å². The van der Waals surface area contributed by atoms with Crippen molar-refractivity contribution in [3.63, 3.8) is 0 Å². The van der Waals surface area contributed by atoms with E-state index in [2.05, 4.69) is 10.6 Å². The monoisotopic (exact) mass is 383 g/mol. The van der Waals surface area contributed by atoms with E-state index in [0.29, 0.717) is 5.69 Å². The molecule has 0 aromatic heterocycles. The van der Waals surface area contributed by atoms with Crippen molar-refractivity contribution in [2.24, 2.45) is 11.8 Å². The van der Waals surface area contributed by atoms with Crippen LogP contribution in [0.1, 0.15) is 26.3 Å². The minimum atomic E-state index is -0.989. The van der Waals surface area contributed by atoms with E-state index in [4.69, 9.17) is 4.74 Å². The number of anilines is 1. The Morgan fingerprint density at radius 2 is 1.86 bits per heavy atom. The lowest BCUT2D eigenvalue weighted by Gasteiger charge is -2.30. The average Bonchev–Trinajstić information content (AvgIpc) is 3.24. The Morgan fingerprint density at radius 3 is 2.50 bits per heavy atom. The van der Waals surface area contributed by atoms with Crippen molar-refractivity contribution in [1.82, 2.24) is 10.6 Å². The highest BCUT2D eigenvalue weighted by Gasteiger charge is 2.67. The Balaban J connectivity index is 1.56. The van der Waals surface area contributed by atoms with Crippen LogP contribution in [0.2, 0.25) is 0 Å². The van der Waals surface area contributed by atoms with Crippen molar-refractivity contribution in [3.05, 3.63) is 42.0 Å². The van der Waals surface area contributed by atoms with Gasteiger partial charge in [-0.3, -0.25) is 9.59 Å². The van der Waals surface area contributed by atoms with E-state index < -0.39 is 23.5 Å². The first-order chi connectivity index (χ1) is 13.1. The van der Waals surface area contributed by atoms with Crippen LogP contribution in [-0.2, 0) is 14.3 Å². The van der Waals surface area contributed by atoms with Gasteiger partial charge in [0, 0.05) is 5.54 Å². The van der Waals surface area contributed by atoms with Crippen LogP contribution >= 0.6 is 0 Å². The molecular weight excluding hydrogens is 358 g/mol. The first-order valence-electron chi connectivity index (χ1n) is 9.49. The minimum absolute atomic E-state index is 0.129.